The number of rotatable bonds is 0. The van der Waals surface area contributed by atoms with Crippen LogP contribution in [0.25, 0.3) is 0 Å². The second-order valence-electron chi connectivity index (χ2n) is 1.44. The Bertz CT molecular complexity index is 136. The molecule has 1 rings (SSSR count). The van der Waals surface area contributed by atoms with Gasteiger partial charge in [-0.25, -0.2) is 0 Å². The average Bonchev–Trinajstić information content (AvgIpc) is 2.14. The monoisotopic (exact) mass is 196 g/mol. The Morgan fingerprint density at radius 2 is 1.75 bits per heavy atom. The Kier molecular flexibility index (Phi) is 3.64. The second kappa shape index (κ2) is 3.74. The SMILES string of the molecule is [Ag+].[C-]#CC1C=CC=C1. The second-order valence-corrected chi connectivity index (χ2v) is 1.44. The molecule has 1 aliphatic carbocycles. The van der Waals surface area contributed by atoms with Crippen LogP contribution in [-0.2, 0) is 22.4 Å². The molecule has 0 bridgehead atoms. The molecule has 0 aromatic carbocycles. The van der Waals surface area contributed by atoms with Gasteiger partial charge in [0.25, 0.3) is 0 Å². The van der Waals surface area contributed by atoms with E-state index in [9.17, 15) is 0 Å². The molecule has 0 unspecified atom stereocenters. The summed E-state index contributed by atoms with van der Waals surface area (Å²) >= 11 is 0. The van der Waals surface area contributed by atoms with Gasteiger partial charge >= 0.3 is 22.4 Å². The molecule has 1 heteroatoms. The molecule has 0 heterocycles. The Labute approximate surface area is 65.2 Å². The Balaban J connectivity index is 0.000000490. The van der Waals surface area contributed by atoms with Gasteiger partial charge in [-0.05, 0) is 0 Å². The third-order valence-electron chi connectivity index (χ3n) is 0.915. The zero-order valence-corrected chi connectivity index (χ0v) is 5.67. The van der Waals surface area contributed by atoms with Crippen LogP contribution in [0.3, 0.4) is 0 Å². The first-order valence-electron chi connectivity index (χ1n) is 2.21. The molecule has 0 radical (unpaired) electrons. The van der Waals surface area contributed by atoms with Gasteiger partial charge in [0, 0.05) is 5.92 Å². The largest absolute Gasteiger partial charge is 1.00 e. The summed E-state index contributed by atoms with van der Waals surface area (Å²) in [6.07, 6.45) is 14.3. The Morgan fingerprint density at radius 3 is 2.00 bits per heavy atom. The van der Waals surface area contributed by atoms with Gasteiger partial charge in [-0.3, -0.25) is 0 Å². The summed E-state index contributed by atoms with van der Waals surface area (Å²) in [7, 11) is 0. The quantitative estimate of drug-likeness (QED) is 0.312. The van der Waals surface area contributed by atoms with Crippen molar-refractivity contribution >= 4 is 0 Å². The first-order valence-corrected chi connectivity index (χ1v) is 2.21. The van der Waals surface area contributed by atoms with Gasteiger partial charge in [-0.1, -0.05) is 24.3 Å². The third-order valence-corrected chi connectivity index (χ3v) is 0.915. The molecule has 0 saturated carbocycles. The molecule has 0 saturated heterocycles. The molecule has 0 aromatic rings. The van der Waals surface area contributed by atoms with Crippen molar-refractivity contribution in [2.75, 3.05) is 0 Å². The van der Waals surface area contributed by atoms with Crippen LogP contribution in [0.2, 0.25) is 0 Å². The van der Waals surface area contributed by atoms with Crippen molar-refractivity contribution in [2.24, 2.45) is 5.92 Å². The summed E-state index contributed by atoms with van der Waals surface area (Å²) in [6.45, 7) is 0. The molecule has 8 heavy (non-hydrogen) atoms. The van der Waals surface area contributed by atoms with Crippen LogP contribution in [0.5, 0.6) is 0 Å². The van der Waals surface area contributed by atoms with Gasteiger partial charge in [0.05, 0.1) is 0 Å². The molecule has 0 aromatic heterocycles. The fourth-order valence-corrected chi connectivity index (χ4v) is 0.528. The molecule has 0 N–H and O–H groups in total. The maximum absolute atomic E-state index is 6.65. The summed E-state index contributed by atoms with van der Waals surface area (Å²) in [6, 6.07) is 0. The van der Waals surface area contributed by atoms with Gasteiger partial charge in [-0.2, -0.15) is 0 Å². The molecule has 0 fully saturated rings. The molecule has 0 nitrogen and oxygen atoms in total. The number of hydrogen-bond donors (Lipinski definition) is 0. The minimum Gasteiger partial charge on any atom is -0.693 e. The van der Waals surface area contributed by atoms with Crippen LogP contribution in [0, 0.1) is 18.3 Å². The van der Waals surface area contributed by atoms with Crippen LogP contribution in [-0.4, -0.2) is 0 Å². The molecular formula is C7H5Ag. The third kappa shape index (κ3) is 1.71. The van der Waals surface area contributed by atoms with E-state index in [1.54, 1.807) is 0 Å². The fourth-order valence-electron chi connectivity index (χ4n) is 0.528. The minimum atomic E-state index is 0. The standard InChI is InChI=1S/C7H5.Ag/c1-2-7-5-3-4-6-7;/h3-7H;/q-1;+1. The van der Waals surface area contributed by atoms with Gasteiger partial charge in [0.1, 0.15) is 0 Å². The fraction of sp³-hybridized carbons (Fsp3) is 0.143. The maximum atomic E-state index is 6.65. The van der Waals surface area contributed by atoms with E-state index in [0.717, 1.165) is 0 Å². The first-order chi connectivity index (χ1) is 3.43. The van der Waals surface area contributed by atoms with Crippen molar-refractivity contribution in [3.8, 4) is 5.92 Å². The average molecular weight is 197 g/mol. The predicted octanol–water partition coefficient (Wildman–Crippen LogP) is 1.32. The molecule has 0 amide bonds. The smallest absolute Gasteiger partial charge is 0.693 e. The zero-order chi connectivity index (χ0) is 5.11. The summed E-state index contributed by atoms with van der Waals surface area (Å²) in [5.41, 5.74) is 0. The van der Waals surface area contributed by atoms with Crippen molar-refractivity contribution in [3.63, 3.8) is 0 Å². The van der Waals surface area contributed by atoms with E-state index in [0.29, 0.717) is 0 Å². The van der Waals surface area contributed by atoms with Crippen molar-refractivity contribution in [2.45, 2.75) is 0 Å². The normalized spacial score (nSPS) is 15.4. The molecule has 44 valence electrons. The summed E-state index contributed by atoms with van der Waals surface area (Å²) in [5, 5.41) is 0. The van der Waals surface area contributed by atoms with Gasteiger partial charge < -0.3 is 12.3 Å². The van der Waals surface area contributed by atoms with Crippen LogP contribution in [0.4, 0.5) is 0 Å². The van der Waals surface area contributed by atoms with E-state index in [2.05, 4.69) is 5.92 Å². The van der Waals surface area contributed by atoms with Crippen molar-refractivity contribution in [1.82, 2.24) is 0 Å². The molecular weight excluding hydrogens is 192 g/mol. The Hall–Kier alpha value is -0.220. The molecule has 0 atom stereocenters. The minimum absolute atomic E-state index is 0. The summed E-state index contributed by atoms with van der Waals surface area (Å²) in [4.78, 5) is 0. The Morgan fingerprint density at radius 1 is 1.25 bits per heavy atom. The zero-order valence-electron chi connectivity index (χ0n) is 4.19. The van der Waals surface area contributed by atoms with E-state index < -0.39 is 0 Å². The van der Waals surface area contributed by atoms with Crippen LogP contribution in [0.1, 0.15) is 0 Å². The van der Waals surface area contributed by atoms with E-state index in [1.165, 1.54) is 0 Å². The van der Waals surface area contributed by atoms with E-state index >= 15 is 0 Å². The van der Waals surface area contributed by atoms with E-state index in [1.807, 2.05) is 24.3 Å². The maximum Gasteiger partial charge on any atom is 1.00 e. The van der Waals surface area contributed by atoms with Crippen molar-refractivity contribution in [3.05, 3.63) is 30.7 Å². The van der Waals surface area contributed by atoms with Crippen molar-refractivity contribution in [1.29, 1.82) is 0 Å². The van der Waals surface area contributed by atoms with Crippen LogP contribution < -0.4 is 0 Å². The molecule has 1 aliphatic rings. The van der Waals surface area contributed by atoms with E-state index in [4.69, 9.17) is 6.42 Å². The van der Waals surface area contributed by atoms with Crippen LogP contribution >= 0.6 is 0 Å². The van der Waals surface area contributed by atoms with Crippen molar-refractivity contribution < 1.29 is 22.4 Å². The summed E-state index contributed by atoms with van der Waals surface area (Å²) < 4.78 is 0. The van der Waals surface area contributed by atoms with E-state index in [-0.39, 0.29) is 28.3 Å². The van der Waals surface area contributed by atoms with Gasteiger partial charge in [0.15, 0.2) is 0 Å². The van der Waals surface area contributed by atoms with Gasteiger partial charge in [-0.15, -0.1) is 0 Å². The molecule has 0 aliphatic heterocycles. The topological polar surface area (TPSA) is 0 Å². The number of hydrogen-bond acceptors (Lipinski definition) is 0. The predicted molar refractivity (Wildman–Crippen MR) is 28.9 cm³/mol. The first kappa shape index (κ1) is 7.78. The van der Waals surface area contributed by atoms with Crippen LogP contribution in [0.15, 0.2) is 24.3 Å². The van der Waals surface area contributed by atoms with Gasteiger partial charge in [0.2, 0.25) is 0 Å². The number of allylic oxidation sites excluding steroid dienone is 4. The summed E-state index contributed by atoms with van der Waals surface area (Å²) in [5.74, 6) is 2.49. The molecule has 0 spiro atoms.